The summed E-state index contributed by atoms with van der Waals surface area (Å²) in [6.07, 6.45) is 1.64. The minimum absolute atomic E-state index is 0.295. The summed E-state index contributed by atoms with van der Waals surface area (Å²) in [5.74, 6) is 1.05. The lowest BCUT2D eigenvalue weighted by molar-refractivity contribution is -0.137. The van der Waals surface area contributed by atoms with E-state index < -0.39 is 11.9 Å². The fourth-order valence-electron chi connectivity index (χ4n) is 6.34. The molecule has 238 valence electrons. The number of aryl methyl sites for hydroxylation is 2. The van der Waals surface area contributed by atoms with E-state index in [0.717, 1.165) is 55.9 Å². The van der Waals surface area contributed by atoms with Crippen LogP contribution in [0.25, 0.3) is 43.1 Å². The summed E-state index contributed by atoms with van der Waals surface area (Å²) < 4.78 is 24.2. The average Bonchev–Trinajstić information content (AvgIpc) is 3.12. The number of hydrogen-bond acceptors (Lipinski definition) is 6. The Morgan fingerprint density at radius 2 is 0.833 bits per heavy atom. The Labute approximate surface area is 278 Å². The van der Waals surface area contributed by atoms with Crippen molar-refractivity contribution in [2.24, 2.45) is 0 Å². The van der Waals surface area contributed by atoms with E-state index in [-0.39, 0.29) is 13.2 Å². The highest BCUT2D eigenvalue weighted by Gasteiger charge is 2.21. The van der Waals surface area contributed by atoms with Crippen LogP contribution in [0.1, 0.15) is 25.0 Å². The summed E-state index contributed by atoms with van der Waals surface area (Å²) in [6.45, 7) is 3.64. The zero-order chi connectivity index (χ0) is 33.0. The number of hydrogen-bond donors (Lipinski definition) is 0. The monoisotopic (exact) mass is 634 g/mol. The van der Waals surface area contributed by atoms with Gasteiger partial charge in [0.2, 0.25) is 0 Å². The highest BCUT2D eigenvalue weighted by molar-refractivity contribution is 6.11. The molecule has 0 bridgehead atoms. The van der Waals surface area contributed by atoms with Gasteiger partial charge in [-0.2, -0.15) is 0 Å². The van der Waals surface area contributed by atoms with Crippen molar-refractivity contribution in [2.75, 3.05) is 13.2 Å². The van der Waals surface area contributed by atoms with Crippen LogP contribution < -0.4 is 18.9 Å². The molecule has 0 aliphatic heterocycles. The van der Waals surface area contributed by atoms with Crippen molar-refractivity contribution in [3.05, 3.63) is 132 Å². The van der Waals surface area contributed by atoms with Gasteiger partial charge in [0, 0.05) is 32.3 Å². The van der Waals surface area contributed by atoms with Crippen LogP contribution in [-0.2, 0) is 22.4 Å². The van der Waals surface area contributed by atoms with E-state index in [9.17, 15) is 9.59 Å². The molecule has 0 saturated carbocycles. The Hall–Kier alpha value is -5.88. The molecule has 0 spiro atoms. The van der Waals surface area contributed by atoms with Crippen LogP contribution in [0.4, 0.5) is 0 Å². The first kappa shape index (κ1) is 30.8. The number of carbonyl (C=O) groups is 2. The Morgan fingerprint density at radius 1 is 0.458 bits per heavy atom. The van der Waals surface area contributed by atoms with E-state index >= 15 is 0 Å². The van der Waals surface area contributed by atoms with Crippen LogP contribution in [-0.4, -0.2) is 25.2 Å². The first-order valence-electron chi connectivity index (χ1n) is 16.2. The molecule has 0 unspecified atom stereocenters. The van der Waals surface area contributed by atoms with E-state index in [1.54, 1.807) is 12.1 Å². The highest BCUT2D eigenvalue weighted by atomic mass is 16.6. The van der Waals surface area contributed by atoms with Gasteiger partial charge in [-0.15, -0.1) is 0 Å². The van der Waals surface area contributed by atoms with Crippen LogP contribution >= 0.6 is 0 Å². The minimum Gasteiger partial charge on any atom is -0.481 e. The molecule has 0 fully saturated rings. The highest BCUT2D eigenvalue weighted by Crippen LogP contribution is 2.44. The average molecular weight is 635 g/mol. The lowest BCUT2D eigenvalue weighted by Crippen LogP contribution is -2.19. The molecule has 6 heteroatoms. The summed E-state index contributed by atoms with van der Waals surface area (Å²) in [4.78, 5) is 26.4. The van der Waals surface area contributed by atoms with Gasteiger partial charge in [-0.1, -0.05) is 111 Å². The van der Waals surface area contributed by atoms with Gasteiger partial charge in [0.25, 0.3) is 0 Å². The maximum atomic E-state index is 13.2. The Bertz CT molecular complexity index is 2150. The molecule has 0 aliphatic carbocycles. The van der Waals surface area contributed by atoms with E-state index in [4.69, 9.17) is 18.9 Å². The van der Waals surface area contributed by atoms with E-state index in [2.05, 4.69) is 26.0 Å². The number of esters is 2. The summed E-state index contributed by atoms with van der Waals surface area (Å²) in [5.41, 5.74) is 2.34. The van der Waals surface area contributed by atoms with Crippen LogP contribution in [0.5, 0.6) is 23.0 Å². The number of rotatable bonds is 10. The Morgan fingerprint density at radius 3 is 1.25 bits per heavy atom. The van der Waals surface area contributed by atoms with E-state index in [0.29, 0.717) is 23.0 Å². The Balaban J connectivity index is 1.22. The van der Waals surface area contributed by atoms with Crippen LogP contribution in [0.2, 0.25) is 0 Å². The summed E-state index contributed by atoms with van der Waals surface area (Å²) in [7, 11) is 0. The molecule has 7 rings (SSSR count). The third-order valence-corrected chi connectivity index (χ3v) is 8.62. The topological polar surface area (TPSA) is 71.1 Å². The quantitative estimate of drug-likeness (QED) is 0.0848. The van der Waals surface area contributed by atoms with Crippen molar-refractivity contribution < 1.29 is 28.5 Å². The van der Waals surface area contributed by atoms with Gasteiger partial charge in [0.15, 0.2) is 13.2 Å². The summed E-state index contributed by atoms with van der Waals surface area (Å²) in [5, 5.41) is 6.76. The van der Waals surface area contributed by atoms with E-state index in [1.807, 2.05) is 97.1 Å². The van der Waals surface area contributed by atoms with Gasteiger partial charge in [0.1, 0.15) is 23.0 Å². The number of carbonyl (C=O) groups excluding carboxylic acids is 2. The molecule has 48 heavy (non-hydrogen) atoms. The lowest BCUT2D eigenvalue weighted by Gasteiger charge is -2.19. The van der Waals surface area contributed by atoms with Gasteiger partial charge in [-0.05, 0) is 59.0 Å². The van der Waals surface area contributed by atoms with Crippen molar-refractivity contribution in [3.63, 3.8) is 0 Å². The van der Waals surface area contributed by atoms with Crippen molar-refractivity contribution >= 4 is 55.0 Å². The second kappa shape index (κ2) is 13.5. The molecule has 6 nitrogen and oxygen atoms in total. The first-order chi connectivity index (χ1) is 23.5. The molecule has 7 aromatic rings. The molecule has 7 aromatic carbocycles. The van der Waals surface area contributed by atoms with Crippen molar-refractivity contribution in [3.8, 4) is 23.0 Å². The molecule has 0 saturated heterocycles. The normalized spacial score (nSPS) is 11.2. The van der Waals surface area contributed by atoms with Crippen molar-refractivity contribution in [2.45, 2.75) is 26.7 Å². The summed E-state index contributed by atoms with van der Waals surface area (Å²) in [6, 6.07) is 38.7. The number of fused-ring (bicyclic) bond motifs is 4. The molecule has 0 atom stereocenters. The Kier molecular flexibility index (Phi) is 8.63. The SMILES string of the molecule is CCc1cc2c(OCC(=O)Oc3cccc4ccccc34)c3ccccc3c(OCC(=O)Oc3cccc4ccccc34)c2cc1CC. The minimum atomic E-state index is -0.513. The maximum Gasteiger partial charge on any atom is 0.349 e. The third-order valence-electron chi connectivity index (χ3n) is 8.62. The van der Waals surface area contributed by atoms with Crippen LogP contribution in [0.15, 0.2) is 121 Å². The number of ether oxygens (including phenoxy) is 4. The zero-order valence-electron chi connectivity index (χ0n) is 26.8. The van der Waals surface area contributed by atoms with Crippen LogP contribution in [0.3, 0.4) is 0 Å². The first-order valence-corrected chi connectivity index (χ1v) is 16.2. The fourth-order valence-corrected chi connectivity index (χ4v) is 6.34. The standard InChI is InChI=1S/C42H34O6/c1-3-27-23-35-36(24-28(27)4-2)42(46-26-40(44)48-38-22-12-16-30-14-6-8-18-32(30)38)34-20-10-9-19-33(34)41(35)45-25-39(43)47-37-21-11-15-29-13-5-7-17-31(29)37/h5-24H,3-4,25-26H2,1-2H3. The summed E-state index contributed by atoms with van der Waals surface area (Å²) >= 11 is 0. The fraction of sp³-hybridized carbons (Fsp3) is 0.143. The molecule has 0 amide bonds. The van der Waals surface area contributed by atoms with Gasteiger partial charge in [-0.3, -0.25) is 0 Å². The largest absolute Gasteiger partial charge is 0.481 e. The lowest BCUT2D eigenvalue weighted by atomic mass is 9.93. The molecule has 0 heterocycles. The zero-order valence-corrected chi connectivity index (χ0v) is 26.8. The van der Waals surface area contributed by atoms with Crippen molar-refractivity contribution in [1.29, 1.82) is 0 Å². The molecule has 0 aromatic heterocycles. The predicted molar refractivity (Wildman–Crippen MR) is 190 cm³/mol. The second-order valence-electron chi connectivity index (χ2n) is 11.6. The van der Waals surface area contributed by atoms with Gasteiger partial charge in [-0.25, -0.2) is 9.59 Å². The predicted octanol–water partition coefficient (Wildman–Crippen LogP) is 9.39. The van der Waals surface area contributed by atoms with Crippen molar-refractivity contribution in [1.82, 2.24) is 0 Å². The van der Waals surface area contributed by atoms with E-state index in [1.165, 1.54) is 11.1 Å². The number of benzene rings is 7. The molecule has 0 N–H and O–H groups in total. The molecule has 0 radical (unpaired) electrons. The maximum absolute atomic E-state index is 13.2. The third kappa shape index (κ3) is 6.00. The van der Waals surface area contributed by atoms with Gasteiger partial charge in [0.05, 0.1) is 0 Å². The van der Waals surface area contributed by atoms with Gasteiger partial charge < -0.3 is 18.9 Å². The van der Waals surface area contributed by atoms with Crippen LogP contribution in [0, 0.1) is 0 Å². The molecular weight excluding hydrogens is 600 g/mol. The smallest absolute Gasteiger partial charge is 0.349 e. The molecule has 0 aliphatic rings. The second-order valence-corrected chi connectivity index (χ2v) is 11.6. The molecular formula is C42H34O6. The van der Waals surface area contributed by atoms with Gasteiger partial charge >= 0.3 is 11.9 Å².